The molecule has 0 radical (unpaired) electrons. The van der Waals surface area contributed by atoms with Crippen molar-refractivity contribution in [3.63, 3.8) is 0 Å². The molecule has 0 aliphatic carbocycles. The first-order valence-electron chi connectivity index (χ1n) is 8.68. The summed E-state index contributed by atoms with van der Waals surface area (Å²) >= 11 is 0. The molecule has 2 N–H and O–H groups in total. The number of fused-ring (bicyclic) bond motifs is 1. The number of benzene rings is 1. The molecule has 7 heteroatoms. The zero-order valence-corrected chi connectivity index (χ0v) is 15.9. The molecule has 0 bridgehead atoms. The van der Waals surface area contributed by atoms with Crippen molar-refractivity contribution in [2.24, 2.45) is 0 Å². The number of sulfonamides is 1. The summed E-state index contributed by atoms with van der Waals surface area (Å²) in [6, 6.07) is 8.22. The lowest BCUT2D eigenvalue weighted by Crippen LogP contribution is -2.35. The van der Waals surface area contributed by atoms with Crippen molar-refractivity contribution < 1.29 is 8.42 Å². The van der Waals surface area contributed by atoms with Gasteiger partial charge in [0.15, 0.2) is 0 Å². The molecule has 0 saturated carbocycles. The fourth-order valence-electron chi connectivity index (χ4n) is 3.84. The topological polar surface area (TPSA) is 81.8 Å². The Kier molecular flexibility index (Phi) is 4.00. The summed E-state index contributed by atoms with van der Waals surface area (Å²) in [4.78, 5) is 3.72. The summed E-state index contributed by atoms with van der Waals surface area (Å²) in [6.07, 6.45) is 2.73. The first kappa shape index (κ1) is 17.1. The second kappa shape index (κ2) is 6.10. The van der Waals surface area contributed by atoms with Gasteiger partial charge in [-0.2, -0.15) is 9.40 Å². The van der Waals surface area contributed by atoms with Crippen molar-refractivity contribution in [1.29, 1.82) is 0 Å². The molecule has 3 aromatic rings. The Balaban J connectivity index is 1.68. The van der Waals surface area contributed by atoms with E-state index in [0.29, 0.717) is 35.8 Å². The van der Waals surface area contributed by atoms with Gasteiger partial charge >= 0.3 is 0 Å². The summed E-state index contributed by atoms with van der Waals surface area (Å²) < 4.78 is 27.5. The molecule has 3 heterocycles. The molecule has 6 nitrogen and oxygen atoms in total. The molecule has 1 aliphatic rings. The van der Waals surface area contributed by atoms with Crippen LogP contribution in [0.1, 0.15) is 29.1 Å². The second-order valence-corrected chi connectivity index (χ2v) is 8.65. The number of aromatic nitrogens is 3. The molecule has 0 unspecified atom stereocenters. The number of H-pyrrole nitrogens is 2. The third-order valence-electron chi connectivity index (χ3n) is 5.04. The lowest BCUT2D eigenvalue weighted by molar-refractivity contribution is 0.440. The zero-order valence-electron chi connectivity index (χ0n) is 15.1. The molecule has 0 atom stereocenters. The number of aromatic amines is 2. The summed E-state index contributed by atoms with van der Waals surface area (Å²) in [6.45, 7) is 6.37. The number of aryl methyl sites for hydroxylation is 3. The molecule has 0 amide bonds. The van der Waals surface area contributed by atoms with Crippen molar-refractivity contribution in [2.45, 2.75) is 32.1 Å². The Bertz CT molecular complexity index is 1100. The summed E-state index contributed by atoms with van der Waals surface area (Å²) in [5.74, 6) is 0. The minimum absolute atomic E-state index is 0.303. The molecule has 1 aromatic carbocycles. The molecule has 0 fully saturated rings. The van der Waals surface area contributed by atoms with E-state index in [2.05, 4.69) is 34.2 Å². The first-order valence-corrected chi connectivity index (χ1v) is 10.1. The SMILES string of the molecule is Cc1n[nH]c(C)c1S(=O)(=O)N1CC=C(c2c(C)[nH]c3ccccc23)CC1. The van der Waals surface area contributed by atoms with Crippen LogP contribution in [0.15, 0.2) is 35.2 Å². The van der Waals surface area contributed by atoms with Gasteiger partial charge in [-0.3, -0.25) is 5.10 Å². The van der Waals surface area contributed by atoms with Crippen LogP contribution in [-0.4, -0.2) is 41.0 Å². The van der Waals surface area contributed by atoms with E-state index in [1.54, 1.807) is 13.8 Å². The van der Waals surface area contributed by atoms with Gasteiger partial charge in [0.25, 0.3) is 0 Å². The highest BCUT2D eigenvalue weighted by Gasteiger charge is 2.31. The number of rotatable bonds is 3. The van der Waals surface area contributed by atoms with Crippen LogP contribution in [0.25, 0.3) is 16.5 Å². The number of nitrogens with zero attached hydrogens (tertiary/aromatic N) is 2. The molecule has 136 valence electrons. The van der Waals surface area contributed by atoms with Crippen LogP contribution in [0.3, 0.4) is 0 Å². The summed E-state index contributed by atoms with van der Waals surface area (Å²) in [5.41, 5.74) is 5.74. The molecule has 0 saturated heterocycles. The minimum atomic E-state index is -3.54. The molecule has 1 aliphatic heterocycles. The van der Waals surface area contributed by atoms with Gasteiger partial charge in [0, 0.05) is 35.2 Å². The average Bonchev–Trinajstić information content (AvgIpc) is 3.13. The smallest absolute Gasteiger partial charge is 0.247 e. The zero-order chi connectivity index (χ0) is 18.5. The largest absolute Gasteiger partial charge is 0.358 e. The third-order valence-corrected chi connectivity index (χ3v) is 7.17. The number of nitrogens with one attached hydrogen (secondary N) is 2. The van der Waals surface area contributed by atoms with E-state index in [1.807, 2.05) is 18.2 Å². The lowest BCUT2D eigenvalue weighted by atomic mass is 9.97. The van der Waals surface area contributed by atoms with Gasteiger partial charge in [0.1, 0.15) is 4.90 Å². The maximum absolute atomic E-state index is 13.0. The molecule has 26 heavy (non-hydrogen) atoms. The van der Waals surface area contributed by atoms with Gasteiger partial charge in [0.2, 0.25) is 10.0 Å². The molecule has 4 rings (SSSR count). The molecular weight excluding hydrogens is 348 g/mol. The average molecular weight is 370 g/mol. The van der Waals surface area contributed by atoms with E-state index in [4.69, 9.17) is 0 Å². The van der Waals surface area contributed by atoms with E-state index >= 15 is 0 Å². The van der Waals surface area contributed by atoms with E-state index in [-0.39, 0.29) is 0 Å². The van der Waals surface area contributed by atoms with Crippen LogP contribution in [0.5, 0.6) is 0 Å². The maximum atomic E-state index is 13.0. The van der Waals surface area contributed by atoms with Crippen LogP contribution in [-0.2, 0) is 10.0 Å². The quantitative estimate of drug-likeness (QED) is 0.742. The molecule has 0 spiro atoms. The van der Waals surface area contributed by atoms with Crippen LogP contribution in [0, 0.1) is 20.8 Å². The molecule has 2 aromatic heterocycles. The van der Waals surface area contributed by atoms with Crippen LogP contribution in [0.2, 0.25) is 0 Å². The van der Waals surface area contributed by atoms with Gasteiger partial charge in [-0.15, -0.1) is 0 Å². The minimum Gasteiger partial charge on any atom is -0.358 e. The fraction of sp³-hybridized carbons (Fsp3) is 0.316. The second-order valence-electron chi connectivity index (χ2n) is 6.78. The lowest BCUT2D eigenvalue weighted by Gasteiger charge is -2.26. The van der Waals surface area contributed by atoms with Crippen molar-refractivity contribution >= 4 is 26.5 Å². The van der Waals surface area contributed by atoms with Crippen molar-refractivity contribution in [2.75, 3.05) is 13.1 Å². The standard InChI is InChI=1S/C19H22N4O2S/c1-12-18(16-6-4-5-7-17(16)20-12)15-8-10-23(11-9-15)26(24,25)19-13(2)21-22-14(19)3/h4-8,20H,9-11H2,1-3H3,(H,21,22). The number of hydrogen-bond acceptors (Lipinski definition) is 3. The van der Waals surface area contributed by atoms with Gasteiger partial charge < -0.3 is 4.98 Å². The Morgan fingerprint density at radius 3 is 2.54 bits per heavy atom. The predicted molar refractivity (Wildman–Crippen MR) is 102 cm³/mol. The van der Waals surface area contributed by atoms with Crippen LogP contribution < -0.4 is 0 Å². The van der Waals surface area contributed by atoms with E-state index in [9.17, 15) is 8.42 Å². The Morgan fingerprint density at radius 2 is 1.88 bits per heavy atom. The Hall–Kier alpha value is -2.38. The van der Waals surface area contributed by atoms with Gasteiger partial charge in [-0.1, -0.05) is 24.3 Å². The van der Waals surface area contributed by atoms with Crippen molar-refractivity contribution in [1.82, 2.24) is 19.5 Å². The maximum Gasteiger partial charge on any atom is 0.247 e. The van der Waals surface area contributed by atoms with E-state index < -0.39 is 10.0 Å². The Morgan fingerprint density at radius 1 is 1.12 bits per heavy atom. The third kappa shape index (κ3) is 2.59. The Labute approximate surface area is 153 Å². The van der Waals surface area contributed by atoms with Crippen LogP contribution >= 0.6 is 0 Å². The van der Waals surface area contributed by atoms with Gasteiger partial charge in [-0.25, -0.2) is 8.42 Å². The van der Waals surface area contributed by atoms with Gasteiger partial charge in [0.05, 0.1) is 11.4 Å². The number of para-hydroxylation sites is 1. The van der Waals surface area contributed by atoms with Gasteiger partial charge in [-0.05, 0) is 38.8 Å². The summed E-state index contributed by atoms with van der Waals surface area (Å²) in [5, 5.41) is 7.98. The first-order chi connectivity index (χ1) is 12.4. The predicted octanol–water partition coefficient (Wildman–Crippen LogP) is 3.29. The fourth-order valence-corrected chi connectivity index (χ4v) is 5.55. The highest BCUT2D eigenvalue weighted by molar-refractivity contribution is 7.89. The van der Waals surface area contributed by atoms with Crippen LogP contribution in [0.4, 0.5) is 0 Å². The normalized spacial score (nSPS) is 16.2. The van der Waals surface area contributed by atoms with E-state index in [1.165, 1.54) is 20.8 Å². The van der Waals surface area contributed by atoms with Crippen molar-refractivity contribution in [3.8, 4) is 0 Å². The summed E-state index contributed by atoms with van der Waals surface area (Å²) in [7, 11) is -3.54. The highest BCUT2D eigenvalue weighted by Crippen LogP contribution is 2.33. The monoisotopic (exact) mass is 370 g/mol. The van der Waals surface area contributed by atoms with E-state index in [0.717, 1.165) is 11.2 Å². The number of hydrogen-bond donors (Lipinski definition) is 2. The highest BCUT2D eigenvalue weighted by atomic mass is 32.2. The van der Waals surface area contributed by atoms with Crippen molar-refractivity contribution in [3.05, 3.63) is 53.0 Å². The molecular formula is C19H22N4O2S.